The van der Waals surface area contributed by atoms with E-state index in [2.05, 4.69) is 14.9 Å². The van der Waals surface area contributed by atoms with E-state index in [9.17, 15) is 5.11 Å². The molecule has 0 radical (unpaired) electrons. The van der Waals surface area contributed by atoms with Crippen molar-refractivity contribution in [2.45, 2.75) is 25.4 Å². The highest BCUT2D eigenvalue weighted by molar-refractivity contribution is 5.17. The van der Waals surface area contributed by atoms with E-state index in [1.807, 2.05) is 0 Å². The van der Waals surface area contributed by atoms with Gasteiger partial charge in [-0.1, -0.05) is 0 Å². The minimum absolute atomic E-state index is 0.211. The Balaban J connectivity index is 2.08. The van der Waals surface area contributed by atoms with E-state index in [0.29, 0.717) is 12.4 Å². The van der Waals surface area contributed by atoms with E-state index in [4.69, 9.17) is 4.74 Å². The zero-order chi connectivity index (χ0) is 11.4. The third-order valence-electron chi connectivity index (χ3n) is 2.99. The third-order valence-corrected chi connectivity index (χ3v) is 2.99. The van der Waals surface area contributed by atoms with E-state index < -0.39 is 0 Å². The van der Waals surface area contributed by atoms with Crippen LogP contribution in [0.2, 0.25) is 0 Å². The van der Waals surface area contributed by atoms with Crippen LogP contribution in [0.15, 0.2) is 12.4 Å². The van der Waals surface area contributed by atoms with Gasteiger partial charge in [-0.25, -0.2) is 4.98 Å². The van der Waals surface area contributed by atoms with E-state index in [0.717, 1.165) is 25.1 Å². The molecule has 1 N–H and O–H groups in total. The topological polar surface area (TPSA) is 58.5 Å². The summed E-state index contributed by atoms with van der Waals surface area (Å²) in [5, 5.41) is 9.23. The molecule has 1 aromatic rings. The smallest absolute Gasteiger partial charge is 0.236 e. The molecule has 0 unspecified atom stereocenters. The first kappa shape index (κ1) is 11.3. The number of methoxy groups -OCH3 is 1. The predicted octanol–water partition coefficient (Wildman–Crippen LogP) is 0.442. The molecule has 1 fully saturated rings. The molecule has 1 atom stereocenters. The maximum absolute atomic E-state index is 9.23. The number of nitrogens with zero attached hydrogens (tertiary/aromatic N) is 3. The number of aliphatic hydroxyl groups is 1. The van der Waals surface area contributed by atoms with Crippen molar-refractivity contribution in [2.75, 3.05) is 20.3 Å². The van der Waals surface area contributed by atoms with Crippen LogP contribution in [0.3, 0.4) is 0 Å². The van der Waals surface area contributed by atoms with E-state index in [1.165, 1.54) is 0 Å². The molecule has 1 aliphatic rings. The number of hydrogen-bond acceptors (Lipinski definition) is 5. The van der Waals surface area contributed by atoms with Gasteiger partial charge in [0.05, 0.1) is 13.7 Å². The first-order chi connectivity index (χ1) is 7.85. The van der Waals surface area contributed by atoms with Gasteiger partial charge in [0.15, 0.2) is 0 Å². The summed E-state index contributed by atoms with van der Waals surface area (Å²) in [4.78, 5) is 10.6. The lowest BCUT2D eigenvalue weighted by Crippen LogP contribution is -2.32. The third kappa shape index (κ3) is 2.31. The summed E-state index contributed by atoms with van der Waals surface area (Å²) in [7, 11) is 1.60. The predicted molar refractivity (Wildman–Crippen MR) is 59.1 cm³/mol. The van der Waals surface area contributed by atoms with Gasteiger partial charge < -0.3 is 9.84 Å². The fraction of sp³-hybridized carbons (Fsp3) is 0.636. The van der Waals surface area contributed by atoms with Crippen LogP contribution in [0.25, 0.3) is 0 Å². The number of aromatic nitrogens is 2. The fourth-order valence-electron chi connectivity index (χ4n) is 2.14. The van der Waals surface area contributed by atoms with Crippen LogP contribution in [0.4, 0.5) is 0 Å². The van der Waals surface area contributed by atoms with Crippen molar-refractivity contribution in [2.24, 2.45) is 0 Å². The van der Waals surface area contributed by atoms with Crippen molar-refractivity contribution in [1.82, 2.24) is 14.9 Å². The number of ether oxygens (including phenoxy) is 1. The van der Waals surface area contributed by atoms with Gasteiger partial charge in [0, 0.05) is 25.0 Å². The molecule has 0 saturated carbocycles. The lowest BCUT2D eigenvalue weighted by molar-refractivity contribution is 0.151. The Hall–Kier alpha value is -1.20. The molecule has 0 spiro atoms. The van der Waals surface area contributed by atoms with Crippen molar-refractivity contribution >= 4 is 0 Å². The molecule has 2 rings (SSSR count). The first-order valence-electron chi connectivity index (χ1n) is 5.54. The molecule has 1 aromatic heterocycles. The van der Waals surface area contributed by atoms with Gasteiger partial charge in [0.2, 0.25) is 5.88 Å². The Morgan fingerprint density at radius 3 is 3.06 bits per heavy atom. The number of rotatable bonds is 4. The Kier molecular flexibility index (Phi) is 3.69. The number of aliphatic hydroxyl groups excluding tert-OH is 1. The number of hydrogen-bond donors (Lipinski definition) is 1. The maximum atomic E-state index is 9.23. The quantitative estimate of drug-likeness (QED) is 0.802. The molecule has 0 aromatic carbocycles. The van der Waals surface area contributed by atoms with Crippen LogP contribution in [-0.2, 0) is 6.54 Å². The van der Waals surface area contributed by atoms with Crippen LogP contribution in [0, 0.1) is 0 Å². The molecule has 5 nitrogen and oxygen atoms in total. The van der Waals surface area contributed by atoms with Gasteiger partial charge in [-0.05, 0) is 19.4 Å². The summed E-state index contributed by atoms with van der Waals surface area (Å²) in [6.45, 7) is 1.91. The van der Waals surface area contributed by atoms with Gasteiger partial charge in [-0.3, -0.25) is 9.88 Å². The highest BCUT2D eigenvalue weighted by atomic mass is 16.5. The minimum Gasteiger partial charge on any atom is -0.480 e. The summed E-state index contributed by atoms with van der Waals surface area (Å²) < 4.78 is 5.16. The van der Waals surface area contributed by atoms with Gasteiger partial charge >= 0.3 is 0 Å². The second-order valence-corrected chi connectivity index (χ2v) is 3.96. The molecule has 0 bridgehead atoms. The van der Waals surface area contributed by atoms with Gasteiger partial charge in [0.1, 0.15) is 5.69 Å². The maximum Gasteiger partial charge on any atom is 0.236 e. The van der Waals surface area contributed by atoms with Crippen LogP contribution >= 0.6 is 0 Å². The van der Waals surface area contributed by atoms with Crippen LogP contribution in [0.1, 0.15) is 18.5 Å². The van der Waals surface area contributed by atoms with Crippen LogP contribution in [0.5, 0.6) is 5.88 Å². The highest BCUT2D eigenvalue weighted by Crippen LogP contribution is 2.21. The van der Waals surface area contributed by atoms with Crippen molar-refractivity contribution in [3.05, 3.63) is 18.1 Å². The average molecular weight is 223 g/mol. The van der Waals surface area contributed by atoms with Crippen molar-refractivity contribution in [3.63, 3.8) is 0 Å². The standard InChI is InChI=1S/C11H17N3O2/c1-16-11-10(12-4-5-13-11)7-14-6-2-3-9(14)8-15/h4-5,9,15H,2-3,6-8H2,1H3/t9-/m0/s1. The molecule has 1 saturated heterocycles. The Morgan fingerprint density at radius 2 is 2.31 bits per heavy atom. The Morgan fingerprint density at radius 1 is 1.50 bits per heavy atom. The Labute approximate surface area is 95.1 Å². The molecule has 5 heteroatoms. The molecular formula is C11H17N3O2. The summed E-state index contributed by atoms with van der Waals surface area (Å²) in [6.07, 6.45) is 5.48. The monoisotopic (exact) mass is 223 g/mol. The fourth-order valence-corrected chi connectivity index (χ4v) is 2.14. The summed E-state index contributed by atoms with van der Waals surface area (Å²) in [5.74, 6) is 0.575. The zero-order valence-electron chi connectivity index (χ0n) is 9.46. The molecular weight excluding hydrogens is 206 g/mol. The van der Waals surface area contributed by atoms with Crippen molar-refractivity contribution < 1.29 is 9.84 Å². The van der Waals surface area contributed by atoms with Gasteiger partial charge in [-0.15, -0.1) is 0 Å². The SMILES string of the molecule is COc1nccnc1CN1CCC[C@H]1CO. The van der Waals surface area contributed by atoms with Gasteiger partial charge in [0.25, 0.3) is 0 Å². The largest absolute Gasteiger partial charge is 0.480 e. The van der Waals surface area contributed by atoms with Crippen LogP contribution in [-0.4, -0.2) is 46.3 Å². The van der Waals surface area contributed by atoms with E-state index in [1.54, 1.807) is 19.5 Å². The second-order valence-electron chi connectivity index (χ2n) is 3.96. The zero-order valence-corrected chi connectivity index (χ0v) is 9.46. The molecule has 0 amide bonds. The summed E-state index contributed by atoms with van der Waals surface area (Å²) in [6, 6.07) is 0.256. The van der Waals surface area contributed by atoms with Crippen molar-refractivity contribution in [3.8, 4) is 5.88 Å². The second kappa shape index (κ2) is 5.23. The summed E-state index contributed by atoms with van der Waals surface area (Å²) >= 11 is 0. The van der Waals surface area contributed by atoms with Crippen LogP contribution < -0.4 is 4.74 Å². The van der Waals surface area contributed by atoms with Crippen molar-refractivity contribution in [1.29, 1.82) is 0 Å². The molecule has 0 aliphatic carbocycles. The number of likely N-dealkylation sites (tertiary alicyclic amines) is 1. The lowest BCUT2D eigenvalue weighted by atomic mass is 10.2. The molecule has 16 heavy (non-hydrogen) atoms. The van der Waals surface area contributed by atoms with Gasteiger partial charge in [-0.2, -0.15) is 0 Å². The molecule has 1 aliphatic heterocycles. The van der Waals surface area contributed by atoms with E-state index in [-0.39, 0.29) is 12.6 Å². The lowest BCUT2D eigenvalue weighted by Gasteiger charge is -2.22. The molecule has 2 heterocycles. The summed E-state index contributed by atoms with van der Waals surface area (Å²) in [5.41, 5.74) is 0.838. The Bertz CT molecular complexity index is 346. The van der Waals surface area contributed by atoms with E-state index >= 15 is 0 Å². The first-order valence-corrected chi connectivity index (χ1v) is 5.54. The molecule has 88 valence electrons. The normalized spacial score (nSPS) is 21.2. The highest BCUT2D eigenvalue weighted by Gasteiger charge is 2.25. The average Bonchev–Trinajstić information content (AvgIpc) is 2.77. The minimum atomic E-state index is 0.211.